The molecule has 2 heterocycles. The molecule has 2 N–H and O–H groups in total. The van der Waals surface area contributed by atoms with E-state index in [1.54, 1.807) is 7.05 Å². The minimum atomic E-state index is -0.0754. The van der Waals surface area contributed by atoms with Crippen molar-refractivity contribution in [2.24, 2.45) is 12.8 Å². The highest BCUT2D eigenvalue weighted by molar-refractivity contribution is 4.89. The van der Waals surface area contributed by atoms with Gasteiger partial charge in [-0.3, -0.25) is 4.90 Å². The Balaban J connectivity index is 1.88. The molecule has 2 unspecified atom stereocenters. The third-order valence-corrected chi connectivity index (χ3v) is 3.07. The Kier molecular flexibility index (Phi) is 4.03. The van der Waals surface area contributed by atoms with E-state index < -0.39 is 0 Å². The van der Waals surface area contributed by atoms with Crippen LogP contribution in [-0.4, -0.2) is 63.5 Å². The minimum absolute atomic E-state index is 0.0625. The zero-order valence-corrected chi connectivity index (χ0v) is 10.4. The first-order valence-electron chi connectivity index (χ1n) is 6.01. The second-order valence-corrected chi connectivity index (χ2v) is 4.37. The number of rotatable bonds is 4. The van der Waals surface area contributed by atoms with Crippen LogP contribution in [0.5, 0.6) is 0 Å². The molecule has 0 spiro atoms. The van der Waals surface area contributed by atoms with Gasteiger partial charge in [-0.15, -0.1) is 10.2 Å². The average molecular weight is 240 g/mol. The summed E-state index contributed by atoms with van der Waals surface area (Å²) in [5, 5.41) is 11.9. The molecule has 2 rings (SSSR count). The summed E-state index contributed by atoms with van der Waals surface area (Å²) in [7, 11) is 1.75. The number of tetrazole rings is 1. The summed E-state index contributed by atoms with van der Waals surface area (Å²) in [5.41, 5.74) is 6.14. The zero-order valence-electron chi connectivity index (χ0n) is 10.4. The van der Waals surface area contributed by atoms with Crippen molar-refractivity contribution in [2.45, 2.75) is 25.5 Å². The monoisotopic (exact) mass is 240 g/mol. The van der Waals surface area contributed by atoms with E-state index in [9.17, 15) is 0 Å². The summed E-state index contributed by atoms with van der Waals surface area (Å²) in [6.07, 6.45) is 0.670. The fourth-order valence-corrected chi connectivity index (χ4v) is 2.03. The molecule has 1 aliphatic rings. The summed E-state index contributed by atoms with van der Waals surface area (Å²) < 4.78 is 5.70. The number of aryl methyl sites for hydroxylation is 1. The maximum atomic E-state index is 6.14. The zero-order chi connectivity index (χ0) is 12.3. The lowest BCUT2D eigenvalue weighted by molar-refractivity contribution is -0.0388. The molecular weight excluding hydrogens is 220 g/mol. The molecule has 7 nitrogen and oxygen atoms in total. The summed E-state index contributed by atoms with van der Waals surface area (Å²) in [6, 6.07) is -0.0754. The van der Waals surface area contributed by atoms with Crippen LogP contribution in [0.4, 0.5) is 0 Å². The number of hydrogen-bond acceptors (Lipinski definition) is 6. The molecular formula is C10H20N6O. The first-order valence-corrected chi connectivity index (χ1v) is 6.01. The van der Waals surface area contributed by atoms with Crippen LogP contribution in [0.25, 0.3) is 0 Å². The van der Waals surface area contributed by atoms with Crippen molar-refractivity contribution in [3.63, 3.8) is 0 Å². The largest absolute Gasteiger partial charge is 0.374 e. The Labute approximate surface area is 101 Å². The number of nitrogens with zero attached hydrogens (tertiary/aromatic N) is 5. The van der Waals surface area contributed by atoms with Crippen molar-refractivity contribution in [2.75, 3.05) is 26.2 Å². The Bertz CT molecular complexity index is 354. The van der Waals surface area contributed by atoms with E-state index in [-0.39, 0.29) is 12.1 Å². The van der Waals surface area contributed by atoms with E-state index in [2.05, 4.69) is 27.2 Å². The normalized spacial score (nSPS) is 23.8. The Morgan fingerprint density at radius 1 is 1.59 bits per heavy atom. The van der Waals surface area contributed by atoms with Crippen molar-refractivity contribution in [3.8, 4) is 0 Å². The lowest BCUT2D eigenvalue weighted by Gasteiger charge is -2.34. The SMILES string of the molecule is CCN1CCOC(C(N)Cc2nnn(C)n2)C1. The van der Waals surface area contributed by atoms with Gasteiger partial charge in [0.25, 0.3) is 0 Å². The van der Waals surface area contributed by atoms with Crippen molar-refractivity contribution in [3.05, 3.63) is 5.82 Å². The highest BCUT2D eigenvalue weighted by Crippen LogP contribution is 2.09. The first-order chi connectivity index (χ1) is 8.19. The topological polar surface area (TPSA) is 82.1 Å². The highest BCUT2D eigenvalue weighted by atomic mass is 16.5. The maximum Gasteiger partial charge on any atom is 0.176 e. The van der Waals surface area contributed by atoms with Crippen molar-refractivity contribution in [1.82, 2.24) is 25.1 Å². The van der Waals surface area contributed by atoms with Crippen LogP contribution in [0.2, 0.25) is 0 Å². The van der Waals surface area contributed by atoms with Crippen LogP contribution in [0, 0.1) is 0 Å². The number of aromatic nitrogens is 4. The Morgan fingerprint density at radius 3 is 3.06 bits per heavy atom. The maximum absolute atomic E-state index is 6.14. The van der Waals surface area contributed by atoms with Gasteiger partial charge in [-0.05, 0) is 11.8 Å². The van der Waals surface area contributed by atoms with Crippen LogP contribution in [0.1, 0.15) is 12.7 Å². The van der Waals surface area contributed by atoms with Gasteiger partial charge < -0.3 is 10.5 Å². The van der Waals surface area contributed by atoms with Crippen molar-refractivity contribution >= 4 is 0 Å². The molecule has 17 heavy (non-hydrogen) atoms. The molecule has 0 aromatic carbocycles. The summed E-state index contributed by atoms with van der Waals surface area (Å²) >= 11 is 0. The lowest BCUT2D eigenvalue weighted by atomic mass is 10.1. The van der Waals surface area contributed by atoms with Gasteiger partial charge in [0.05, 0.1) is 19.8 Å². The number of likely N-dealkylation sites (N-methyl/N-ethyl adjacent to an activating group) is 1. The quantitative estimate of drug-likeness (QED) is 0.712. The molecule has 2 atom stereocenters. The summed E-state index contributed by atoms with van der Waals surface area (Å²) in [6.45, 7) is 5.81. The van der Waals surface area contributed by atoms with E-state index in [1.807, 2.05) is 0 Å². The summed E-state index contributed by atoms with van der Waals surface area (Å²) in [5.74, 6) is 0.678. The van der Waals surface area contributed by atoms with Gasteiger partial charge in [0, 0.05) is 25.6 Å². The molecule has 0 aliphatic carbocycles. The highest BCUT2D eigenvalue weighted by Gasteiger charge is 2.26. The van der Waals surface area contributed by atoms with E-state index in [1.165, 1.54) is 4.80 Å². The standard InChI is InChI=1S/C10H20N6O/c1-3-16-4-5-17-9(7-16)8(11)6-10-12-14-15(2)13-10/h8-9H,3-7,11H2,1-2H3. The number of ether oxygens (including phenoxy) is 1. The van der Waals surface area contributed by atoms with Gasteiger partial charge in [0.15, 0.2) is 5.82 Å². The van der Waals surface area contributed by atoms with Crippen LogP contribution in [-0.2, 0) is 18.2 Å². The fourth-order valence-electron chi connectivity index (χ4n) is 2.03. The first kappa shape index (κ1) is 12.4. The third-order valence-electron chi connectivity index (χ3n) is 3.07. The Morgan fingerprint density at radius 2 is 2.41 bits per heavy atom. The van der Waals surface area contributed by atoms with Gasteiger partial charge in [-0.1, -0.05) is 6.92 Å². The molecule has 0 amide bonds. The molecule has 7 heteroatoms. The van der Waals surface area contributed by atoms with E-state index in [0.29, 0.717) is 12.2 Å². The van der Waals surface area contributed by atoms with Gasteiger partial charge in [-0.2, -0.15) is 4.80 Å². The molecule has 1 saturated heterocycles. The number of nitrogens with two attached hydrogens (primary N) is 1. The molecule has 0 bridgehead atoms. The molecule has 1 aromatic rings. The van der Waals surface area contributed by atoms with Crippen LogP contribution in [0.3, 0.4) is 0 Å². The van der Waals surface area contributed by atoms with Gasteiger partial charge in [-0.25, -0.2) is 0 Å². The summed E-state index contributed by atoms with van der Waals surface area (Å²) in [4.78, 5) is 3.79. The average Bonchev–Trinajstić information content (AvgIpc) is 2.75. The van der Waals surface area contributed by atoms with Crippen LogP contribution >= 0.6 is 0 Å². The molecule has 1 aromatic heterocycles. The van der Waals surface area contributed by atoms with E-state index in [4.69, 9.17) is 10.5 Å². The predicted molar refractivity (Wildman–Crippen MR) is 62.3 cm³/mol. The van der Waals surface area contributed by atoms with Crippen molar-refractivity contribution < 1.29 is 4.74 Å². The molecule has 96 valence electrons. The molecule has 0 saturated carbocycles. The van der Waals surface area contributed by atoms with E-state index >= 15 is 0 Å². The third kappa shape index (κ3) is 3.21. The van der Waals surface area contributed by atoms with E-state index in [0.717, 1.165) is 26.2 Å². The second-order valence-electron chi connectivity index (χ2n) is 4.37. The van der Waals surface area contributed by atoms with Gasteiger partial charge >= 0.3 is 0 Å². The van der Waals surface area contributed by atoms with Gasteiger partial charge in [0.1, 0.15) is 0 Å². The van der Waals surface area contributed by atoms with Gasteiger partial charge in [0.2, 0.25) is 0 Å². The fraction of sp³-hybridized carbons (Fsp3) is 0.900. The van der Waals surface area contributed by atoms with Crippen molar-refractivity contribution in [1.29, 1.82) is 0 Å². The number of hydrogen-bond donors (Lipinski definition) is 1. The lowest BCUT2D eigenvalue weighted by Crippen LogP contribution is -2.51. The number of morpholine rings is 1. The second kappa shape index (κ2) is 5.52. The molecule has 1 aliphatic heterocycles. The van der Waals surface area contributed by atoms with Crippen LogP contribution in [0.15, 0.2) is 0 Å². The minimum Gasteiger partial charge on any atom is -0.374 e. The Hall–Kier alpha value is -1.05. The van der Waals surface area contributed by atoms with Crippen LogP contribution < -0.4 is 5.73 Å². The molecule has 0 radical (unpaired) electrons. The predicted octanol–water partition coefficient (Wildman–Crippen LogP) is -1.20. The molecule has 1 fully saturated rings. The smallest absolute Gasteiger partial charge is 0.176 e.